The maximum absolute atomic E-state index is 12.5. The van der Waals surface area contributed by atoms with Gasteiger partial charge in [0.15, 0.2) is 18.1 Å². The van der Waals surface area contributed by atoms with E-state index in [4.69, 9.17) is 9.47 Å². The Bertz CT molecular complexity index is 835. The molecule has 10 heteroatoms. The van der Waals surface area contributed by atoms with Gasteiger partial charge in [-0.05, 0) is 42.5 Å². The van der Waals surface area contributed by atoms with Crippen molar-refractivity contribution < 1.29 is 38.1 Å². The lowest BCUT2D eigenvalue weighted by atomic mass is 10.1. The first-order valence-electron chi connectivity index (χ1n) is 8.05. The van der Waals surface area contributed by atoms with Crippen molar-refractivity contribution in [3.05, 3.63) is 28.7 Å². The minimum absolute atomic E-state index is 0.158. The van der Waals surface area contributed by atoms with E-state index in [-0.39, 0.29) is 11.5 Å². The first-order valence-corrected chi connectivity index (χ1v) is 8.86. The molecule has 0 aromatic heterocycles. The lowest BCUT2D eigenvalue weighted by Gasteiger charge is -2.18. The zero-order valence-corrected chi connectivity index (χ0v) is 16.5. The van der Waals surface area contributed by atoms with E-state index < -0.39 is 29.1 Å². The van der Waals surface area contributed by atoms with E-state index in [0.29, 0.717) is 17.1 Å². The second-order valence-corrected chi connectivity index (χ2v) is 6.52. The topological polar surface area (TPSA) is 108 Å². The number of rotatable bonds is 7. The van der Waals surface area contributed by atoms with Crippen LogP contribution in [0.25, 0.3) is 6.08 Å². The van der Waals surface area contributed by atoms with Gasteiger partial charge in [0.1, 0.15) is 6.04 Å². The highest BCUT2D eigenvalue weighted by Gasteiger charge is 2.41. The van der Waals surface area contributed by atoms with Crippen molar-refractivity contribution in [2.75, 3.05) is 27.9 Å². The first-order chi connectivity index (χ1) is 13.3. The summed E-state index contributed by atoms with van der Waals surface area (Å²) in [5.41, 5.74) is 0.568. The fraction of sp³-hybridized carbons (Fsp3) is 0.333. The molecular weight excluding hydrogens is 390 g/mol. The Morgan fingerprint density at radius 2 is 1.86 bits per heavy atom. The van der Waals surface area contributed by atoms with Crippen molar-refractivity contribution in [3.8, 4) is 11.5 Å². The predicted molar refractivity (Wildman–Crippen MR) is 99.8 cm³/mol. The third-order valence-corrected chi connectivity index (χ3v) is 4.70. The smallest absolute Gasteiger partial charge is 0.343 e. The highest BCUT2D eigenvalue weighted by atomic mass is 32.2. The van der Waals surface area contributed by atoms with E-state index >= 15 is 0 Å². The molecule has 0 bridgehead atoms. The summed E-state index contributed by atoms with van der Waals surface area (Å²) in [5.74, 6) is -1.16. The number of methoxy groups -OCH3 is 3. The molecule has 2 amide bonds. The van der Waals surface area contributed by atoms with Crippen LogP contribution in [0.2, 0.25) is 0 Å². The Balaban J connectivity index is 2.23. The number of hydrogen-bond acceptors (Lipinski definition) is 9. The van der Waals surface area contributed by atoms with Crippen LogP contribution in [0.5, 0.6) is 11.5 Å². The fourth-order valence-corrected chi connectivity index (χ4v) is 3.24. The van der Waals surface area contributed by atoms with Crippen LogP contribution in [0.3, 0.4) is 0 Å². The molecule has 9 nitrogen and oxygen atoms in total. The first kappa shape index (κ1) is 21.3. The molecule has 1 aliphatic rings. The number of hydrogen-bond donors (Lipinski definition) is 0. The number of esters is 2. The van der Waals surface area contributed by atoms with Crippen LogP contribution in [-0.4, -0.2) is 62.0 Å². The molecular formula is C18H19NO8S. The second kappa shape index (κ2) is 9.27. The quantitative estimate of drug-likeness (QED) is 0.492. The summed E-state index contributed by atoms with van der Waals surface area (Å²) in [7, 11) is 3.86. The Morgan fingerprint density at radius 1 is 1.14 bits per heavy atom. The van der Waals surface area contributed by atoms with E-state index in [9.17, 15) is 19.2 Å². The van der Waals surface area contributed by atoms with Gasteiger partial charge >= 0.3 is 11.9 Å². The van der Waals surface area contributed by atoms with Crippen molar-refractivity contribution in [3.63, 3.8) is 0 Å². The molecule has 1 heterocycles. The molecule has 1 unspecified atom stereocenters. The summed E-state index contributed by atoms with van der Waals surface area (Å²) < 4.78 is 19.7. The summed E-state index contributed by atoms with van der Waals surface area (Å²) in [5, 5.41) is -0.556. The van der Waals surface area contributed by atoms with Gasteiger partial charge in [-0.1, -0.05) is 6.07 Å². The number of amides is 2. The van der Waals surface area contributed by atoms with Crippen LogP contribution in [-0.2, 0) is 23.9 Å². The highest BCUT2D eigenvalue weighted by Crippen LogP contribution is 2.35. The highest BCUT2D eigenvalue weighted by molar-refractivity contribution is 8.18. The zero-order chi connectivity index (χ0) is 20.8. The third-order valence-electron chi connectivity index (χ3n) is 3.81. The molecule has 1 fully saturated rings. The van der Waals surface area contributed by atoms with Gasteiger partial charge in [-0.2, -0.15) is 0 Å². The van der Waals surface area contributed by atoms with Gasteiger partial charge < -0.3 is 18.9 Å². The van der Waals surface area contributed by atoms with Crippen molar-refractivity contribution in [2.45, 2.75) is 13.0 Å². The normalized spacial score (nSPS) is 16.1. The average molecular weight is 409 g/mol. The largest absolute Gasteiger partial charge is 0.493 e. The molecule has 1 saturated heterocycles. The number of ether oxygens (including phenoxy) is 4. The van der Waals surface area contributed by atoms with Crippen LogP contribution in [0.4, 0.5) is 4.79 Å². The zero-order valence-electron chi connectivity index (χ0n) is 15.7. The minimum atomic E-state index is -1.02. The third kappa shape index (κ3) is 4.63. The van der Waals surface area contributed by atoms with Crippen LogP contribution in [0.15, 0.2) is 23.1 Å². The predicted octanol–water partition coefficient (Wildman–Crippen LogP) is 1.84. The lowest BCUT2D eigenvalue weighted by Crippen LogP contribution is -2.42. The monoisotopic (exact) mass is 409 g/mol. The van der Waals surface area contributed by atoms with Crippen molar-refractivity contribution in [1.82, 2.24) is 4.90 Å². The maximum atomic E-state index is 12.5. The van der Waals surface area contributed by atoms with Crippen LogP contribution in [0, 0.1) is 0 Å². The van der Waals surface area contributed by atoms with E-state index in [1.54, 1.807) is 18.2 Å². The Hall–Kier alpha value is -3.01. The number of benzene rings is 1. The molecule has 1 aromatic rings. The minimum Gasteiger partial charge on any atom is -0.493 e. The molecule has 0 N–H and O–H groups in total. The second-order valence-electron chi connectivity index (χ2n) is 5.53. The summed E-state index contributed by atoms with van der Waals surface area (Å²) in [4.78, 5) is 48.5. The molecule has 1 aromatic carbocycles. The number of imide groups is 1. The van der Waals surface area contributed by atoms with Crippen molar-refractivity contribution in [2.24, 2.45) is 0 Å². The van der Waals surface area contributed by atoms with E-state index in [1.165, 1.54) is 34.3 Å². The van der Waals surface area contributed by atoms with Crippen LogP contribution < -0.4 is 9.47 Å². The van der Waals surface area contributed by atoms with Gasteiger partial charge in [0, 0.05) is 0 Å². The molecule has 0 saturated carbocycles. The summed E-state index contributed by atoms with van der Waals surface area (Å²) in [6.07, 6.45) is 1.50. The van der Waals surface area contributed by atoms with Gasteiger partial charge in [-0.3, -0.25) is 14.5 Å². The number of carbonyl (C=O) groups excluding carboxylic acids is 4. The van der Waals surface area contributed by atoms with Gasteiger partial charge in [-0.15, -0.1) is 0 Å². The standard InChI is InChI=1S/C18H19NO8S/c1-10(17(22)26-4)19-16(21)14(28-18(19)23)8-11-5-6-12(13(7-11)24-2)27-9-15(20)25-3/h5-8,10H,9H2,1-4H3. The summed E-state index contributed by atoms with van der Waals surface area (Å²) in [6.45, 7) is 1.14. The summed E-state index contributed by atoms with van der Waals surface area (Å²) >= 11 is 0.725. The van der Waals surface area contributed by atoms with Gasteiger partial charge in [-0.25, -0.2) is 9.59 Å². The molecule has 28 heavy (non-hydrogen) atoms. The average Bonchev–Trinajstić information content (AvgIpc) is 2.98. The van der Waals surface area contributed by atoms with E-state index in [1.807, 2.05) is 0 Å². The molecule has 0 aliphatic carbocycles. The summed E-state index contributed by atoms with van der Waals surface area (Å²) in [6, 6.07) is 3.76. The molecule has 150 valence electrons. The molecule has 0 spiro atoms. The van der Waals surface area contributed by atoms with Crippen molar-refractivity contribution >= 4 is 40.9 Å². The van der Waals surface area contributed by atoms with Gasteiger partial charge in [0.2, 0.25) is 0 Å². The van der Waals surface area contributed by atoms with Crippen LogP contribution >= 0.6 is 11.8 Å². The number of carbonyl (C=O) groups is 4. The Kier molecular flexibility index (Phi) is 7.05. The molecule has 1 aliphatic heterocycles. The lowest BCUT2D eigenvalue weighted by molar-refractivity contribution is -0.148. The van der Waals surface area contributed by atoms with E-state index in [0.717, 1.165) is 16.7 Å². The number of nitrogens with zero attached hydrogens (tertiary/aromatic N) is 1. The SMILES string of the molecule is COC(=O)COc1ccc(C=C2SC(=O)N(C(C)C(=O)OC)C2=O)cc1OC. The Morgan fingerprint density at radius 3 is 2.46 bits per heavy atom. The van der Waals surface area contributed by atoms with Gasteiger partial charge in [0.05, 0.1) is 26.2 Å². The van der Waals surface area contributed by atoms with E-state index in [2.05, 4.69) is 9.47 Å². The fourth-order valence-electron chi connectivity index (χ4n) is 2.33. The van der Waals surface area contributed by atoms with Gasteiger partial charge in [0.25, 0.3) is 11.1 Å². The number of thioether (sulfide) groups is 1. The van der Waals surface area contributed by atoms with Crippen LogP contribution in [0.1, 0.15) is 12.5 Å². The molecule has 2 rings (SSSR count). The molecule has 0 radical (unpaired) electrons. The Labute approximate surface area is 165 Å². The maximum Gasteiger partial charge on any atom is 0.343 e. The van der Waals surface area contributed by atoms with Crippen molar-refractivity contribution in [1.29, 1.82) is 0 Å². The molecule has 1 atom stereocenters.